The molecule has 0 aliphatic carbocycles. The van der Waals surface area contributed by atoms with Gasteiger partial charge in [-0.25, -0.2) is 0 Å². The first-order valence-corrected chi connectivity index (χ1v) is 9.39. The van der Waals surface area contributed by atoms with Crippen molar-refractivity contribution in [1.29, 1.82) is 0 Å². The van der Waals surface area contributed by atoms with Crippen LogP contribution in [0.4, 0.5) is 5.69 Å². The van der Waals surface area contributed by atoms with Gasteiger partial charge in [0.15, 0.2) is 5.96 Å². The van der Waals surface area contributed by atoms with Crippen LogP contribution in [0.3, 0.4) is 0 Å². The zero-order chi connectivity index (χ0) is 19.4. The SMILES string of the molecule is CN=C(NCc1ccc(N(C)C)cc1)NC1CC(C)(C)Oc2ccccc21. The van der Waals surface area contributed by atoms with Crippen molar-refractivity contribution < 1.29 is 4.74 Å². The highest BCUT2D eigenvalue weighted by atomic mass is 16.5. The van der Waals surface area contributed by atoms with Gasteiger partial charge in [-0.3, -0.25) is 4.99 Å². The minimum atomic E-state index is -0.215. The monoisotopic (exact) mass is 366 g/mol. The Kier molecular flexibility index (Phi) is 5.59. The molecule has 144 valence electrons. The fourth-order valence-corrected chi connectivity index (χ4v) is 3.39. The molecule has 5 nitrogen and oxygen atoms in total. The maximum absolute atomic E-state index is 6.12. The predicted octanol–water partition coefficient (Wildman–Crippen LogP) is 3.72. The van der Waals surface area contributed by atoms with Crippen LogP contribution in [-0.4, -0.2) is 32.7 Å². The average molecular weight is 367 g/mol. The van der Waals surface area contributed by atoms with Gasteiger partial charge >= 0.3 is 0 Å². The Morgan fingerprint density at radius 1 is 1.15 bits per heavy atom. The molecule has 1 aliphatic heterocycles. The fourth-order valence-electron chi connectivity index (χ4n) is 3.39. The molecule has 1 unspecified atom stereocenters. The van der Waals surface area contributed by atoms with Gasteiger partial charge in [0.2, 0.25) is 0 Å². The Morgan fingerprint density at radius 3 is 2.52 bits per heavy atom. The summed E-state index contributed by atoms with van der Waals surface area (Å²) in [6, 6.07) is 16.9. The Hall–Kier alpha value is -2.69. The normalized spacial score (nSPS) is 18.3. The lowest BCUT2D eigenvalue weighted by Gasteiger charge is -2.38. The van der Waals surface area contributed by atoms with Crippen molar-refractivity contribution in [3.63, 3.8) is 0 Å². The number of hydrogen-bond donors (Lipinski definition) is 2. The van der Waals surface area contributed by atoms with Gasteiger partial charge in [-0.2, -0.15) is 0 Å². The number of para-hydroxylation sites is 1. The first-order valence-electron chi connectivity index (χ1n) is 9.39. The summed E-state index contributed by atoms with van der Waals surface area (Å²) in [6.45, 7) is 4.97. The minimum absolute atomic E-state index is 0.160. The Labute approximate surface area is 162 Å². The van der Waals surface area contributed by atoms with Gasteiger partial charge in [0.25, 0.3) is 0 Å². The average Bonchev–Trinajstić information content (AvgIpc) is 2.64. The zero-order valence-corrected chi connectivity index (χ0v) is 16.9. The van der Waals surface area contributed by atoms with Crippen LogP contribution in [-0.2, 0) is 6.54 Å². The molecule has 0 bridgehead atoms. The number of anilines is 1. The number of benzene rings is 2. The first kappa shape index (κ1) is 19.1. The first-order chi connectivity index (χ1) is 12.9. The largest absolute Gasteiger partial charge is 0.487 e. The third-order valence-electron chi connectivity index (χ3n) is 4.82. The summed E-state index contributed by atoms with van der Waals surface area (Å²) < 4.78 is 6.12. The number of guanidine groups is 1. The van der Waals surface area contributed by atoms with Gasteiger partial charge in [-0.15, -0.1) is 0 Å². The van der Waals surface area contributed by atoms with Crippen molar-refractivity contribution in [3.05, 3.63) is 59.7 Å². The summed E-state index contributed by atoms with van der Waals surface area (Å²) in [4.78, 5) is 6.51. The Morgan fingerprint density at radius 2 is 1.85 bits per heavy atom. The van der Waals surface area contributed by atoms with E-state index in [0.29, 0.717) is 0 Å². The third kappa shape index (κ3) is 4.73. The van der Waals surface area contributed by atoms with Gasteiger partial charge in [0.05, 0.1) is 6.04 Å². The number of hydrogen-bond acceptors (Lipinski definition) is 3. The van der Waals surface area contributed by atoms with Crippen molar-refractivity contribution in [1.82, 2.24) is 10.6 Å². The summed E-state index contributed by atoms with van der Waals surface area (Å²) >= 11 is 0. The van der Waals surface area contributed by atoms with E-state index in [1.807, 2.05) is 26.2 Å². The second kappa shape index (κ2) is 7.91. The summed E-state index contributed by atoms with van der Waals surface area (Å²) in [5.74, 6) is 1.74. The Bertz CT molecular complexity index is 796. The molecule has 0 saturated heterocycles. The van der Waals surface area contributed by atoms with Crippen LogP contribution < -0.4 is 20.3 Å². The molecule has 27 heavy (non-hydrogen) atoms. The summed E-state index contributed by atoms with van der Waals surface area (Å²) in [5, 5.41) is 6.99. The molecule has 2 aromatic rings. The molecule has 0 saturated carbocycles. The summed E-state index contributed by atoms with van der Waals surface area (Å²) in [6.07, 6.45) is 0.877. The fraction of sp³-hybridized carbons (Fsp3) is 0.409. The van der Waals surface area contributed by atoms with E-state index in [1.54, 1.807) is 7.05 Å². The molecule has 0 aromatic heterocycles. The molecule has 0 fully saturated rings. The van der Waals surface area contributed by atoms with E-state index in [-0.39, 0.29) is 11.6 Å². The van der Waals surface area contributed by atoms with Crippen molar-refractivity contribution >= 4 is 11.6 Å². The molecular formula is C22H30N4O. The molecule has 1 atom stereocenters. The van der Waals surface area contributed by atoms with Gasteiger partial charge in [-0.1, -0.05) is 30.3 Å². The number of nitrogens with zero attached hydrogens (tertiary/aromatic N) is 2. The van der Waals surface area contributed by atoms with E-state index in [1.165, 1.54) is 16.8 Å². The van der Waals surface area contributed by atoms with Crippen LogP contribution in [0.15, 0.2) is 53.5 Å². The number of nitrogens with one attached hydrogen (secondary N) is 2. The zero-order valence-electron chi connectivity index (χ0n) is 16.9. The molecule has 0 radical (unpaired) electrons. The maximum Gasteiger partial charge on any atom is 0.191 e. The lowest BCUT2D eigenvalue weighted by Crippen LogP contribution is -2.45. The molecule has 0 amide bonds. The smallest absolute Gasteiger partial charge is 0.191 e. The van der Waals surface area contributed by atoms with E-state index in [2.05, 4.69) is 70.8 Å². The number of fused-ring (bicyclic) bond motifs is 1. The maximum atomic E-state index is 6.12. The number of ether oxygens (including phenoxy) is 1. The van der Waals surface area contributed by atoms with E-state index in [0.717, 1.165) is 24.7 Å². The van der Waals surface area contributed by atoms with Crippen LogP contribution in [0.2, 0.25) is 0 Å². The molecule has 1 aliphatic rings. The number of aliphatic imine (C=N–C) groups is 1. The van der Waals surface area contributed by atoms with Crippen LogP contribution in [0.25, 0.3) is 0 Å². The van der Waals surface area contributed by atoms with Gasteiger partial charge in [-0.05, 0) is 37.6 Å². The number of rotatable bonds is 4. The standard InChI is InChI=1S/C22H30N4O/c1-22(2)14-19(18-8-6-7-9-20(18)27-22)25-21(23-3)24-15-16-10-12-17(13-11-16)26(4)5/h6-13,19H,14-15H2,1-5H3,(H2,23,24,25). The second-order valence-corrected chi connectivity index (χ2v) is 7.79. The van der Waals surface area contributed by atoms with Crippen LogP contribution in [0.1, 0.15) is 37.4 Å². The summed E-state index contributed by atoms with van der Waals surface area (Å²) in [7, 11) is 5.90. The lowest BCUT2D eigenvalue weighted by molar-refractivity contribution is 0.0694. The van der Waals surface area contributed by atoms with Gasteiger partial charge in [0, 0.05) is 45.4 Å². The van der Waals surface area contributed by atoms with E-state index < -0.39 is 0 Å². The van der Waals surface area contributed by atoms with Gasteiger partial charge < -0.3 is 20.3 Å². The van der Waals surface area contributed by atoms with E-state index in [4.69, 9.17) is 4.74 Å². The minimum Gasteiger partial charge on any atom is -0.487 e. The highest BCUT2D eigenvalue weighted by molar-refractivity contribution is 5.80. The van der Waals surface area contributed by atoms with E-state index >= 15 is 0 Å². The van der Waals surface area contributed by atoms with Crippen molar-refractivity contribution in [2.24, 2.45) is 4.99 Å². The molecule has 2 aromatic carbocycles. The molecule has 2 N–H and O–H groups in total. The van der Waals surface area contributed by atoms with Crippen molar-refractivity contribution in [2.45, 2.75) is 38.5 Å². The topological polar surface area (TPSA) is 48.9 Å². The quantitative estimate of drug-likeness (QED) is 0.640. The highest BCUT2D eigenvalue weighted by Gasteiger charge is 2.33. The molecule has 3 rings (SSSR count). The third-order valence-corrected chi connectivity index (χ3v) is 4.82. The summed E-state index contributed by atoms with van der Waals surface area (Å²) in [5.41, 5.74) is 3.38. The van der Waals surface area contributed by atoms with Crippen molar-refractivity contribution in [3.8, 4) is 5.75 Å². The van der Waals surface area contributed by atoms with Crippen LogP contribution in [0.5, 0.6) is 5.75 Å². The Balaban J connectivity index is 1.67. The molecule has 1 heterocycles. The molecule has 0 spiro atoms. The van der Waals surface area contributed by atoms with Crippen LogP contribution >= 0.6 is 0 Å². The molecular weight excluding hydrogens is 336 g/mol. The second-order valence-electron chi connectivity index (χ2n) is 7.79. The predicted molar refractivity (Wildman–Crippen MR) is 113 cm³/mol. The van der Waals surface area contributed by atoms with Crippen LogP contribution in [0, 0.1) is 0 Å². The van der Waals surface area contributed by atoms with Crippen molar-refractivity contribution in [2.75, 3.05) is 26.0 Å². The lowest BCUT2D eigenvalue weighted by atomic mass is 9.90. The molecule has 5 heteroatoms. The van der Waals surface area contributed by atoms with E-state index in [9.17, 15) is 0 Å². The van der Waals surface area contributed by atoms with Gasteiger partial charge in [0.1, 0.15) is 11.4 Å². The highest BCUT2D eigenvalue weighted by Crippen LogP contribution is 2.39.